The number of methoxy groups -OCH3 is 1. The zero-order chi connectivity index (χ0) is 16.4. The fourth-order valence-electron chi connectivity index (χ4n) is 2.13. The summed E-state index contributed by atoms with van der Waals surface area (Å²) in [5.74, 6) is 1.23. The van der Waals surface area contributed by atoms with Gasteiger partial charge in [-0.1, -0.05) is 41.0 Å². The van der Waals surface area contributed by atoms with Crippen LogP contribution in [0, 0.1) is 0 Å². The number of rotatable bonds is 5. The maximum Gasteiger partial charge on any atom is 0.166 e. The van der Waals surface area contributed by atoms with Gasteiger partial charge in [-0.3, -0.25) is 0 Å². The SMILES string of the molecule is COc1ccc2nc(SCC(O)c3ccc(Cl)c(Cl)c3)[nH]c2c1. The Balaban J connectivity index is 1.70. The molecule has 1 heterocycles. The normalized spacial score (nSPS) is 12.5. The number of aromatic nitrogens is 2. The van der Waals surface area contributed by atoms with Gasteiger partial charge in [-0.05, 0) is 29.8 Å². The van der Waals surface area contributed by atoms with Gasteiger partial charge in [-0.25, -0.2) is 4.98 Å². The first-order valence-electron chi connectivity index (χ1n) is 6.86. The van der Waals surface area contributed by atoms with Gasteiger partial charge < -0.3 is 14.8 Å². The third-order valence-electron chi connectivity index (χ3n) is 3.37. The first-order chi connectivity index (χ1) is 11.1. The molecule has 3 aromatic rings. The van der Waals surface area contributed by atoms with E-state index < -0.39 is 6.10 Å². The van der Waals surface area contributed by atoms with Crippen molar-refractivity contribution in [1.82, 2.24) is 9.97 Å². The highest BCUT2D eigenvalue weighted by Gasteiger charge is 2.12. The van der Waals surface area contributed by atoms with Crippen molar-refractivity contribution in [2.75, 3.05) is 12.9 Å². The fraction of sp³-hybridized carbons (Fsp3) is 0.188. The number of H-pyrrole nitrogens is 1. The molecule has 0 amide bonds. The molecule has 120 valence electrons. The Morgan fingerprint density at radius 1 is 1.22 bits per heavy atom. The molecule has 0 aliphatic carbocycles. The monoisotopic (exact) mass is 368 g/mol. The van der Waals surface area contributed by atoms with Crippen molar-refractivity contribution in [1.29, 1.82) is 0 Å². The van der Waals surface area contributed by atoms with E-state index in [4.69, 9.17) is 27.9 Å². The van der Waals surface area contributed by atoms with E-state index in [9.17, 15) is 5.11 Å². The second-order valence-corrected chi connectivity index (χ2v) is 6.75. The molecule has 3 rings (SSSR count). The summed E-state index contributed by atoms with van der Waals surface area (Å²) in [4.78, 5) is 7.69. The van der Waals surface area contributed by atoms with Crippen molar-refractivity contribution in [3.05, 3.63) is 52.0 Å². The quantitative estimate of drug-likeness (QED) is 0.640. The van der Waals surface area contributed by atoms with E-state index in [-0.39, 0.29) is 0 Å². The van der Waals surface area contributed by atoms with Gasteiger partial charge in [-0.2, -0.15) is 0 Å². The molecule has 1 aromatic heterocycles. The second-order valence-electron chi connectivity index (χ2n) is 4.93. The summed E-state index contributed by atoms with van der Waals surface area (Å²) in [7, 11) is 1.63. The lowest BCUT2D eigenvalue weighted by Gasteiger charge is -2.10. The van der Waals surface area contributed by atoms with Crippen molar-refractivity contribution in [3.8, 4) is 5.75 Å². The van der Waals surface area contributed by atoms with Gasteiger partial charge in [0.1, 0.15) is 5.75 Å². The van der Waals surface area contributed by atoms with Crippen LogP contribution in [0.3, 0.4) is 0 Å². The molecule has 0 fully saturated rings. The Morgan fingerprint density at radius 2 is 2.04 bits per heavy atom. The van der Waals surface area contributed by atoms with E-state index in [1.165, 1.54) is 11.8 Å². The van der Waals surface area contributed by atoms with E-state index in [1.807, 2.05) is 18.2 Å². The number of imidazole rings is 1. The predicted octanol–water partition coefficient (Wildman–Crippen LogP) is 4.70. The Bertz CT molecular complexity index is 838. The number of aliphatic hydroxyl groups is 1. The molecule has 0 radical (unpaired) electrons. The van der Waals surface area contributed by atoms with Crippen molar-refractivity contribution in [2.24, 2.45) is 0 Å². The largest absolute Gasteiger partial charge is 0.497 e. The van der Waals surface area contributed by atoms with Gasteiger partial charge >= 0.3 is 0 Å². The molecule has 0 aliphatic rings. The molecule has 0 aliphatic heterocycles. The van der Waals surface area contributed by atoms with Gasteiger partial charge in [0.05, 0.1) is 34.3 Å². The van der Waals surface area contributed by atoms with Crippen LogP contribution in [0.1, 0.15) is 11.7 Å². The number of hydrogen-bond donors (Lipinski definition) is 2. The number of thioether (sulfide) groups is 1. The minimum absolute atomic E-state index is 0.434. The van der Waals surface area contributed by atoms with Crippen LogP contribution in [0.25, 0.3) is 11.0 Å². The molecule has 0 bridgehead atoms. The van der Waals surface area contributed by atoms with Gasteiger partial charge in [0.15, 0.2) is 5.16 Å². The predicted molar refractivity (Wildman–Crippen MR) is 94.8 cm³/mol. The first-order valence-corrected chi connectivity index (χ1v) is 8.60. The van der Waals surface area contributed by atoms with Crippen LogP contribution in [0.4, 0.5) is 0 Å². The molecule has 0 saturated carbocycles. The lowest BCUT2D eigenvalue weighted by Crippen LogP contribution is -2.00. The molecule has 23 heavy (non-hydrogen) atoms. The van der Waals surface area contributed by atoms with E-state index in [2.05, 4.69) is 9.97 Å². The summed E-state index contributed by atoms with van der Waals surface area (Å²) >= 11 is 13.3. The van der Waals surface area contributed by atoms with Crippen molar-refractivity contribution < 1.29 is 9.84 Å². The van der Waals surface area contributed by atoms with Crippen molar-refractivity contribution in [2.45, 2.75) is 11.3 Å². The topological polar surface area (TPSA) is 58.1 Å². The van der Waals surface area contributed by atoms with E-state index in [0.29, 0.717) is 15.8 Å². The molecule has 2 N–H and O–H groups in total. The van der Waals surface area contributed by atoms with Gasteiger partial charge in [0, 0.05) is 11.8 Å². The fourth-order valence-corrected chi connectivity index (χ4v) is 3.29. The molecule has 0 spiro atoms. The number of aromatic amines is 1. The van der Waals surface area contributed by atoms with Gasteiger partial charge in [0.25, 0.3) is 0 Å². The summed E-state index contributed by atoms with van der Waals surface area (Å²) in [6.45, 7) is 0. The minimum atomic E-state index is -0.655. The second kappa shape index (κ2) is 7.01. The lowest BCUT2D eigenvalue weighted by molar-refractivity contribution is 0.204. The molecule has 4 nitrogen and oxygen atoms in total. The highest BCUT2D eigenvalue weighted by molar-refractivity contribution is 7.99. The van der Waals surface area contributed by atoms with Crippen LogP contribution in [-0.4, -0.2) is 27.9 Å². The maximum absolute atomic E-state index is 10.3. The van der Waals surface area contributed by atoms with Crippen LogP contribution >= 0.6 is 35.0 Å². The van der Waals surface area contributed by atoms with Crippen molar-refractivity contribution in [3.63, 3.8) is 0 Å². The number of hydrogen-bond acceptors (Lipinski definition) is 4. The Morgan fingerprint density at radius 3 is 2.78 bits per heavy atom. The zero-order valence-electron chi connectivity index (χ0n) is 12.2. The number of halogens is 2. The van der Waals surface area contributed by atoms with E-state index in [1.54, 1.807) is 25.3 Å². The highest BCUT2D eigenvalue weighted by Crippen LogP contribution is 2.29. The minimum Gasteiger partial charge on any atom is -0.497 e. The first kappa shape index (κ1) is 16.5. The number of fused-ring (bicyclic) bond motifs is 1. The number of nitrogens with one attached hydrogen (secondary N) is 1. The van der Waals surface area contributed by atoms with Gasteiger partial charge in [-0.15, -0.1) is 0 Å². The number of nitrogens with zero attached hydrogens (tertiary/aromatic N) is 1. The molecule has 7 heteroatoms. The van der Waals surface area contributed by atoms with Crippen molar-refractivity contribution >= 4 is 46.0 Å². The summed E-state index contributed by atoms with van der Waals surface area (Å²) in [5, 5.41) is 11.9. The van der Waals surface area contributed by atoms with E-state index >= 15 is 0 Å². The Labute approximate surface area is 147 Å². The Kier molecular flexibility index (Phi) is 5.02. The summed E-state index contributed by atoms with van der Waals surface area (Å²) in [5.41, 5.74) is 2.48. The molecule has 2 aromatic carbocycles. The number of ether oxygens (including phenoxy) is 1. The Hall–Kier alpha value is -1.40. The summed E-state index contributed by atoms with van der Waals surface area (Å²) < 4.78 is 5.19. The highest BCUT2D eigenvalue weighted by atomic mass is 35.5. The van der Waals surface area contributed by atoms with Gasteiger partial charge in [0.2, 0.25) is 0 Å². The molecule has 0 saturated heterocycles. The van der Waals surface area contributed by atoms with Crippen LogP contribution in [0.15, 0.2) is 41.6 Å². The van der Waals surface area contributed by atoms with Crippen LogP contribution < -0.4 is 4.74 Å². The molecular formula is C16H14Cl2N2O2S. The third kappa shape index (κ3) is 3.75. The number of aliphatic hydroxyl groups excluding tert-OH is 1. The average molecular weight is 369 g/mol. The maximum atomic E-state index is 10.3. The third-order valence-corrected chi connectivity index (χ3v) is 5.06. The summed E-state index contributed by atoms with van der Waals surface area (Å²) in [6, 6.07) is 10.8. The average Bonchev–Trinajstić information content (AvgIpc) is 2.96. The molecule has 1 atom stereocenters. The summed E-state index contributed by atoms with van der Waals surface area (Å²) in [6.07, 6.45) is -0.655. The zero-order valence-corrected chi connectivity index (χ0v) is 14.5. The standard InChI is InChI=1S/C16H14Cl2N2O2S/c1-22-10-3-5-13-14(7-10)20-16(19-13)23-8-15(21)9-2-4-11(17)12(18)6-9/h2-7,15,21H,8H2,1H3,(H,19,20). The molecular weight excluding hydrogens is 355 g/mol. The smallest absolute Gasteiger partial charge is 0.166 e. The number of benzene rings is 2. The van der Waals surface area contributed by atoms with Crippen LogP contribution in [0.5, 0.6) is 5.75 Å². The molecule has 1 unspecified atom stereocenters. The van der Waals surface area contributed by atoms with Crippen LogP contribution in [-0.2, 0) is 0 Å². The lowest BCUT2D eigenvalue weighted by atomic mass is 10.1. The van der Waals surface area contributed by atoms with E-state index in [0.717, 1.165) is 27.5 Å². The van der Waals surface area contributed by atoms with Crippen LogP contribution in [0.2, 0.25) is 10.0 Å².